The van der Waals surface area contributed by atoms with E-state index in [0.717, 1.165) is 0 Å². The first-order valence-electron chi connectivity index (χ1n) is 5.41. The fraction of sp³-hybridized carbons (Fsp3) is 0.100. The Morgan fingerprint density at radius 2 is 2.29 bits per heavy atom. The monoisotopic (exact) mass is 345 g/mol. The molecule has 0 bridgehead atoms. The third-order valence-corrected chi connectivity index (χ3v) is 4.38. The lowest BCUT2D eigenvalue weighted by Crippen LogP contribution is -2.14. The second-order valence-electron chi connectivity index (χ2n) is 3.67. The van der Waals surface area contributed by atoms with Crippen LogP contribution in [0.2, 0.25) is 5.02 Å². The fourth-order valence-electron chi connectivity index (χ4n) is 1.33. The van der Waals surface area contributed by atoms with Gasteiger partial charge in [-0.15, -0.1) is 10.2 Å². The van der Waals surface area contributed by atoms with Crippen LogP contribution in [0.3, 0.4) is 0 Å². The Morgan fingerprint density at radius 3 is 2.90 bits per heavy atom. The van der Waals surface area contributed by atoms with E-state index in [9.17, 15) is 14.9 Å². The Kier molecular flexibility index (Phi) is 4.94. The normalized spacial score (nSPS) is 10.3. The van der Waals surface area contributed by atoms with E-state index in [0.29, 0.717) is 15.2 Å². The quantitative estimate of drug-likeness (QED) is 0.484. The standard InChI is InChI=1S/C10H8ClN5O3S2/c11-6-2-1-5(3-7(6)16(18)19)13-8(17)4-20-10-15-14-9(12)21-10/h1-3H,4H2,(H2,12,14)(H,13,17). The number of amides is 1. The molecule has 8 nitrogen and oxygen atoms in total. The van der Waals surface area contributed by atoms with E-state index in [4.69, 9.17) is 17.3 Å². The summed E-state index contributed by atoms with van der Waals surface area (Å²) < 4.78 is 0.574. The molecule has 110 valence electrons. The number of hydrogen-bond acceptors (Lipinski definition) is 8. The number of benzene rings is 1. The van der Waals surface area contributed by atoms with Gasteiger partial charge in [0.2, 0.25) is 11.0 Å². The number of nitrogens with zero attached hydrogens (tertiary/aromatic N) is 3. The number of carbonyl (C=O) groups is 1. The van der Waals surface area contributed by atoms with Crippen molar-refractivity contribution < 1.29 is 9.72 Å². The van der Waals surface area contributed by atoms with Crippen molar-refractivity contribution in [2.75, 3.05) is 16.8 Å². The molecule has 2 aromatic rings. The van der Waals surface area contributed by atoms with Crippen molar-refractivity contribution in [3.8, 4) is 0 Å². The number of thioether (sulfide) groups is 1. The van der Waals surface area contributed by atoms with E-state index < -0.39 is 4.92 Å². The summed E-state index contributed by atoms with van der Waals surface area (Å²) in [4.78, 5) is 21.9. The Bertz CT molecular complexity index is 693. The van der Waals surface area contributed by atoms with Crippen molar-refractivity contribution in [1.82, 2.24) is 10.2 Å². The van der Waals surface area contributed by atoms with Crippen molar-refractivity contribution >= 4 is 57.1 Å². The Balaban J connectivity index is 1.96. The van der Waals surface area contributed by atoms with Crippen molar-refractivity contribution in [1.29, 1.82) is 0 Å². The van der Waals surface area contributed by atoms with E-state index >= 15 is 0 Å². The fourth-order valence-corrected chi connectivity index (χ4v) is 2.96. The molecule has 0 saturated carbocycles. The van der Waals surface area contributed by atoms with Crippen molar-refractivity contribution in [3.63, 3.8) is 0 Å². The predicted molar refractivity (Wildman–Crippen MR) is 81.8 cm³/mol. The van der Waals surface area contributed by atoms with E-state index in [1.807, 2.05) is 0 Å². The minimum atomic E-state index is -0.614. The summed E-state index contributed by atoms with van der Waals surface area (Å²) in [5.41, 5.74) is 5.46. The summed E-state index contributed by atoms with van der Waals surface area (Å²) in [6.45, 7) is 0. The number of nitrogen functional groups attached to an aromatic ring is 1. The minimum absolute atomic E-state index is 0.0108. The molecule has 1 aromatic heterocycles. The molecule has 0 aliphatic rings. The summed E-state index contributed by atoms with van der Waals surface area (Å²) in [5.74, 6) is -0.240. The number of halogens is 1. The van der Waals surface area contributed by atoms with Gasteiger partial charge in [0, 0.05) is 11.8 Å². The Morgan fingerprint density at radius 1 is 1.52 bits per heavy atom. The molecule has 0 atom stereocenters. The molecular weight excluding hydrogens is 338 g/mol. The summed E-state index contributed by atoms with van der Waals surface area (Å²) in [7, 11) is 0. The lowest BCUT2D eigenvalue weighted by Gasteiger charge is -2.04. The van der Waals surface area contributed by atoms with Crippen molar-refractivity contribution in [3.05, 3.63) is 33.3 Å². The molecule has 21 heavy (non-hydrogen) atoms. The molecule has 1 aromatic carbocycles. The van der Waals surface area contributed by atoms with Gasteiger partial charge in [0.05, 0.1) is 10.7 Å². The number of nitrogens with one attached hydrogen (secondary N) is 1. The smallest absolute Gasteiger partial charge is 0.289 e. The maximum atomic E-state index is 11.7. The van der Waals surface area contributed by atoms with Gasteiger partial charge in [-0.2, -0.15) is 0 Å². The molecular formula is C10H8ClN5O3S2. The van der Waals surface area contributed by atoms with Gasteiger partial charge in [0.25, 0.3) is 5.69 Å². The molecule has 1 heterocycles. The van der Waals surface area contributed by atoms with Crippen molar-refractivity contribution in [2.24, 2.45) is 0 Å². The van der Waals surface area contributed by atoms with Gasteiger partial charge in [0.15, 0.2) is 4.34 Å². The first-order chi connectivity index (χ1) is 9.95. The first kappa shape index (κ1) is 15.5. The van der Waals surface area contributed by atoms with Crippen molar-refractivity contribution in [2.45, 2.75) is 4.34 Å². The highest BCUT2D eigenvalue weighted by Crippen LogP contribution is 2.28. The zero-order chi connectivity index (χ0) is 15.4. The molecule has 0 spiro atoms. The van der Waals surface area contributed by atoms with Crippen LogP contribution in [0.1, 0.15) is 0 Å². The number of rotatable bonds is 5. The van der Waals surface area contributed by atoms with Gasteiger partial charge in [-0.1, -0.05) is 34.7 Å². The van der Waals surface area contributed by atoms with Gasteiger partial charge in [-0.3, -0.25) is 14.9 Å². The lowest BCUT2D eigenvalue weighted by atomic mass is 10.3. The third kappa shape index (κ3) is 4.28. The summed E-state index contributed by atoms with van der Waals surface area (Å²) in [6, 6.07) is 4.04. The van der Waals surface area contributed by atoms with Gasteiger partial charge in [-0.05, 0) is 12.1 Å². The van der Waals surface area contributed by atoms with Gasteiger partial charge in [-0.25, -0.2) is 0 Å². The number of aromatic nitrogens is 2. The Hall–Kier alpha value is -1.91. The van der Waals surface area contributed by atoms with E-state index in [-0.39, 0.29) is 22.4 Å². The Labute approximate surface area is 131 Å². The third-order valence-electron chi connectivity index (χ3n) is 2.18. The largest absolute Gasteiger partial charge is 0.374 e. The second-order valence-corrected chi connectivity index (χ2v) is 6.31. The SMILES string of the molecule is Nc1nnc(SCC(=O)Nc2ccc(Cl)c([N+](=O)[O-])c2)s1. The number of nitro benzene ring substituents is 1. The highest BCUT2D eigenvalue weighted by molar-refractivity contribution is 8.01. The average molecular weight is 346 g/mol. The summed E-state index contributed by atoms with van der Waals surface area (Å²) >= 11 is 8.04. The zero-order valence-corrected chi connectivity index (χ0v) is 12.7. The van der Waals surface area contributed by atoms with Crippen LogP contribution in [0.15, 0.2) is 22.5 Å². The number of carbonyl (C=O) groups excluding carboxylic acids is 1. The molecule has 0 radical (unpaired) electrons. The maximum Gasteiger partial charge on any atom is 0.289 e. The predicted octanol–water partition coefficient (Wildman–Crippen LogP) is 2.41. The molecule has 1 amide bonds. The highest BCUT2D eigenvalue weighted by Gasteiger charge is 2.14. The minimum Gasteiger partial charge on any atom is -0.374 e. The van der Waals surface area contributed by atoms with Gasteiger partial charge in [0.1, 0.15) is 5.02 Å². The van der Waals surface area contributed by atoms with Crippen LogP contribution in [0.25, 0.3) is 0 Å². The van der Waals surface area contributed by atoms with Crippen LogP contribution < -0.4 is 11.1 Å². The van der Waals surface area contributed by atoms with Crippen LogP contribution in [0, 0.1) is 10.1 Å². The van der Waals surface area contributed by atoms with E-state index in [1.54, 1.807) is 0 Å². The maximum absolute atomic E-state index is 11.7. The molecule has 0 aliphatic carbocycles. The van der Waals surface area contributed by atoms with Crippen LogP contribution >= 0.6 is 34.7 Å². The van der Waals surface area contributed by atoms with Crippen LogP contribution in [0.4, 0.5) is 16.5 Å². The molecule has 2 rings (SSSR count). The van der Waals surface area contributed by atoms with E-state index in [2.05, 4.69) is 15.5 Å². The second kappa shape index (κ2) is 6.70. The molecule has 11 heteroatoms. The summed E-state index contributed by atoms with van der Waals surface area (Å²) in [5, 5.41) is 21.0. The molecule has 3 N–H and O–H groups in total. The van der Waals surface area contributed by atoms with Crippen LogP contribution in [-0.2, 0) is 4.79 Å². The summed E-state index contributed by atoms with van der Waals surface area (Å²) in [6.07, 6.45) is 0. The number of nitrogens with two attached hydrogens (primary N) is 1. The van der Waals surface area contributed by atoms with Crippen LogP contribution in [-0.4, -0.2) is 26.8 Å². The number of nitro groups is 1. The highest BCUT2D eigenvalue weighted by atomic mass is 35.5. The number of anilines is 2. The molecule has 0 unspecified atom stereocenters. The molecule has 0 saturated heterocycles. The van der Waals surface area contributed by atoms with E-state index in [1.165, 1.54) is 41.3 Å². The first-order valence-corrected chi connectivity index (χ1v) is 7.59. The van der Waals surface area contributed by atoms with Gasteiger partial charge < -0.3 is 11.1 Å². The van der Waals surface area contributed by atoms with Gasteiger partial charge >= 0.3 is 0 Å². The average Bonchev–Trinajstić information content (AvgIpc) is 2.84. The topological polar surface area (TPSA) is 124 Å². The number of hydrogen-bond donors (Lipinski definition) is 2. The molecule has 0 fully saturated rings. The zero-order valence-electron chi connectivity index (χ0n) is 10.3. The van der Waals surface area contributed by atoms with Crippen LogP contribution in [0.5, 0.6) is 0 Å². The molecule has 0 aliphatic heterocycles. The lowest BCUT2D eigenvalue weighted by molar-refractivity contribution is -0.384.